The molecule has 16 heteroatoms. The van der Waals surface area contributed by atoms with Crippen molar-refractivity contribution in [2.24, 2.45) is 0 Å². The number of aliphatic hydroxyl groups is 7. The highest BCUT2D eigenvalue weighted by Crippen LogP contribution is 2.47. The summed E-state index contributed by atoms with van der Waals surface area (Å²) >= 11 is 0. The van der Waals surface area contributed by atoms with Crippen LogP contribution in [-0.2, 0) is 32.7 Å². The standard InChI is InChI=1S/C51H81O15P/c1-3-5-7-8-9-10-11-12-13-14-15-16-17-18-19-20-24-27-31-37-45(55)65-43(40-64-67(61,62)66-51-49(59)47(57)46(56)48(58)50(51)60)39-63-44(54)38-32-36-42(53)35-30-26-23-21-22-25-29-34-41(52)33-28-6-4-2/h9-10,12-13,15-16,18-19,22-27,29-30,34-35,41-43,46-53,56-60H,3-8,11,14,17,20-21,28,31-33,36-40H2,1-2H3,(H,61,62)/b10-9-,13-12-,16-15-,19-18-,25-22-,26-23-,27-24-,34-29+,35-30+/t41-,42-,43+,46?,47-,48+,49+,50+,51?/m0/s1. The quantitative estimate of drug-likeness (QED) is 0.00984. The van der Waals surface area contributed by atoms with Gasteiger partial charge in [0, 0.05) is 12.8 Å². The van der Waals surface area contributed by atoms with Crippen molar-refractivity contribution in [1.82, 2.24) is 0 Å². The summed E-state index contributed by atoms with van der Waals surface area (Å²) in [4.78, 5) is 35.7. The van der Waals surface area contributed by atoms with Gasteiger partial charge in [-0.1, -0.05) is 155 Å². The third-order valence-electron chi connectivity index (χ3n) is 10.3. The van der Waals surface area contributed by atoms with Crippen molar-refractivity contribution < 1.29 is 73.3 Å². The fourth-order valence-corrected chi connectivity index (χ4v) is 7.34. The van der Waals surface area contributed by atoms with E-state index >= 15 is 0 Å². The molecule has 10 atom stereocenters. The Hall–Kier alpha value is -3.57. The number of hydrogen-bond donors (Lipinski definition) is 8. The summed E-state index contributed by atoms with van der Waals surface area (Å²) < 4.78 is 33.3. The van der Waals surface area contributed by atoms with E-state index in [-0.39, 0.29) is 25.7 Å². The maximum Gasteiger partial charge on any atom is 0.472 e. The average Bonchev–Trinajstić information content (AvgIpc) is 3.30. The molecule has 3 unspecified atom stereocenters. The fraction of sp³-hybridized carbons (Fsp3) is 0.608. The molecule has 0 bridgehead atoms. The number of hydrogen-bond acceptors (Lipinski definition) is 14. The van der Waals surface area contributed by atoms with Crippen molar-refractivity contribution in [3.63, 3.8) is 0 Å². The van der Waals surface area contributed by atoms with Crippen LogP contribution in [0.3, 0.4) is 0 Å². The van der Waals surface area contributed by atoms with Crippen LogP contribution in [0.1, 0.15) is 129 Å². The van der Waals surface area contributed by atoms with Gasteiger partial charge in [0.1, 0.15) is 43.2 Å². The lowest BCUT2D eigenvalue weighted by molar-refractivity contribution is -0.220. The highest BCUT2D eigenvalue weighted by atomic mass is 31.2. The molecule has 1 rings (SSSR count). The van der Waals surface area contributed by atoms with Crippen LogP contribution in [0.5, 0.6) is 0 Å². The van der Waals surface area contributed by atoms with Crippen LogP contribution in [-0.4, -0.2) is 121 Å². The van der Waals surface area contributed by atoms with Crippen molar-refractivity contribution in [2.45, 2.75) is 184 Å². The molecule has 0 spiro atoms. The molecule has 0 heterocycles. The molecule has 1 saturated carbocycles. The molecule has 0 aromatic rings. The zero-order chi connectivity index (χ0) is 49.5. The first-order valence-electron chi connectivity index (χ1n) is 23.9. The highest BCUT2D eigenvalue weighted by molar-refractivity contribution is 7.47. The number of allylic oxidation sites excluding steroid dienone is 16. The van der Waals surface area contributed by atoms with E-state index in [9.17, 15) is 54.8 Å². The molecule has 0 radical (unpaired) electrons. The first kappa shape index (κ1) is 61.4. The van der Waals surface area contributed by atoms with Crippen molar-refractivity contribution in [3.8, 4) is 0 Å². The molecule has 0 aromatic heterocycles. The van der Waals surface area contributed by atoms with E-state index in [4.69, 9.17) is 18.5 Å². The Bertz CT molecular complexity index is 1620. The van der Waals surface area contributed by atoms with Gasteiger partial charge < -0.3 is 50.1 Å². The third kappa shape index (κ3) is 32.0. The summed E-state index contributed by atoms with van der Waals surface area (Å²) in [6.07, 6.45) is 33.5. The van der Waals surface area contributed by atoms with Crippen molar-refractivity contribution in [3.05, 3.63) is 109 Å². The fourth-order valence-electron chi connectivity index (χ4n) is 6.36. The number of phosphoric acid groups is 1. The van der Waals surface area contributed by atoms with Crippen LogP contribution in [0.4, 0.5) is 0 Å². The molecule has 0 aliphatic heterocycles. The number of carbonyl (C=O) groups excluding carboxylic acids is 2. The molecule has 67 heavy (non-hydrogen) atoms. The van der Waals surface area contributed by atoms with Crippen molar-refractivity contribution >= 4 is 19.8 Å². The summed E-state index contributed by atoms with van der Waals surface area (Å²) in [5, 5.41) is 70.4. The van der Waals surface area contributed by atoms with Gasteiger partial charge in [-0.2, -0.15) is 0 Å². The Balaban J connectivity index is 2.62. The van der Waals surface area contributed by atoms with Crippen LogP contribution in [0.15, 0.2) is 109 Å². The normalized spacial score (nSPS) is 23.1. The van der Waals surface area contributed by atoms with Gasteiger partial charge in [-0.15, -0.1) is 0 Å². The van der Waals surface area contributed by atoms with E-state index in [1.165, 1.54) is 19.3 Å². The number of esters is 2. The van der Waals surface area contributed by atoms with E-state index in [1.54, 1.807) is 30.4 Å². The topological polar surface area (TPSA) is 250 Å². The number of phosphoric ester groups is 1. The molecule has 1 aliphatic rings. The van der Waals surface area contributed by atoms with Gasteiger partial charge in [0.15, 0.2) is 6.10 Å². The highest BCUT2D eigenvalue weighted by Gasteiger charge is 2.51. The van der Waals surface area contributed by atoms with E-state index in [1.807, 2.05) is 42.5 Å². The first-order valence-corrected chi connectivity index (χ1v) is 25.4. The predicted molar refractivity (Wildman–Crippen MR) is 260 cm³/mol. The Morgan fingerprint density at radius 1 is 0.537 bits per heavy atom. The lowest BCUT2D eigenvalue weighted by Gasteiger charge is -2.41. The Labute approximate surface area is 398 Å². The van der Waals surface area contributed by atoms with Crippen LogP contribution >= 0.6 is 7.82 Å². The third-order valence-corrected chi connectivity index (χ3v) is 11.3. The van der Waals surface area contributed by atoms with Crippen molar-refractivity contribution in [1.29, 1.82) is 0 Å². The minimum atomic E-state index is -5.20. The summed E-state index contributed by atoms with van der Waals surface area (Å²) in [7, 11) is -5.20. The Morgan fingerprint density at radius 2 is 1.00 bits per heavy atom. The lowest BCUT2D eigenvalue weighted by atomic mass is 9.85. The number of rotatable bonds is 37. The van der Waals surface area contributed by atoms with Gasteiger partial charge in [0.05, 0.1) is 18.8 Å². The van der Waals surface area contributed by atoms with E-state index in [0.29, 0.717) is 19.3 Å². The van der Waals surface area contributed by atoms with Crippen LogP contribution < -0.4 is 0 Å². The SMILES string of the molecule is CCCCC/C=C\C/C=C\C/C=C\C/C=C\C/C=C\CCC(=O)O[C@H](COC(=O)CCC[C@@H](O)/C=C/C=C\C/C=C\C=C\[C@@H](O)CCCCC)COP(=O)(O)OC1[C@H](O)[C@H](O)C(O)[C@H](O)[C@H]1O. The Morgan fingerprint density at radius 3 is 1.54 bits per heavy atom. The average molecular weight is 965 g/mol. The van der Waals surface area contributed by atoms with Crippen LogP contribution in [0.25, 0.3) is 0 Å². The number of ether oxygens (including phenoxy) is 2. The summed E-state index contributed by atoms with van der Waals surface area (Å²) in [5.74, 6) is -1.44. The molecule has 0 aromatic carbocycles. The molecule has 380 valence electrons. The summed E-state index contributed by atoms with van der Waals surface area (Å²) in [6, 6.07) is 0. The van der Waals surface area contributed by atoms with Gasteiger partial charge in [-0.25, -0.2) is 4.57 Å². The molecule has 8 N–H and O–H groups in total. The van der Waals surface area contributed by atoms with Gasteiger partial charge >= 0.3 is 19.8 Å². The molecule has 15 nitrogen and oxygen atoms in total. The van der Waals surface area contributed by atoms with Gasteiger partial charge in [0.25, 0.3) is 0 Å². The van der Waals surface area contributed by atoms with Gasteiger partial charge in [0.2, 0.25) is 0 Å². The van der Waals surface area contributed by atoms with Gasteiger partial charge in [-0.05, 0) is 70.6 Å². The Kier molecular flexibility index (Phi) is 36.0. The smallest absolute Gasteiger partial charge is 0.462 e. The van der Waals surface area contributed by atoms with Gasteiger partial charge in [-0.3, -0.25) is 18.6 Å². The summed E-state index contributed by atoms with van der Waals surface area (Å²) in [5.41, 5.74) is 0. The minimum Gasteiger partial charge on any atom is -0.462 e. The number of unbranched alkanes of at least 4 members (excludes halogenated alkanes) is 5. The molecular weight excluding hydrogens is 884 g/mol. The molecular formula is C51H81O15P. The monoisotopic (exact) mass is 965 g/mol. The second-order valence-corrected chi connectivity index (χ2v) is 17.7. The van der Waals surface area contributed by atoms with Crippen LogP contribution in [0, 0.1) is 0 Å². The van der Waals surface area contributed by atoms with E-state index < -0.39 is 87.9 Å². The predicted octanol–water partition coefficient (Wildman–Crippen LogP) is 7.55. The minimum absolute atomic E-state index is 0.0830. The molecule has 1 aliphatic carbocycles. The number of carbonyl (C=O) groups is 2. The van der Waals surface area contributed by atoms with Crippen molar-refractivity contribution in [2.75, 3.05) is 13.2 Å². The number of aliphatic hydroxyl groups excluding tert-OH is 7. The van der Waals surface area contributed by atoms with E-state index in [0.717, 1.165) is 51.4 Å². The zero-order valence-corrected chi connectivity index (χ0v) is 40.5. The maximum atomic E-state index is 12.8. The largest absolute Gasteiger partial charge is 0.472 e. The second kappa shape index (κ2) is 39.3. The first-order chi connectivity index (χ1) is 32.2. The zero-order valence-electron chi connectivity index (χ0n) is 39.6. The molecule has 0 amide bonds. The van der Waals surface area contributed by atoms with Crippen LogP contribution in [0.2, 0.25) is 0 Å². The lowest BCUT2D eigenvalue weighted by Crippen LogP contribution is -2.64. The molecule has 1 fully saturated rings. The summed E-state index contributed by atoms with van der Waals surface area (Å²) in [6.45, 7) is 2.90. The van der Waals surface area contributed by atoms with E-state index in [2.05, 4.69) is 50.3 Å². The second-order valence-electron chi connectivity index (χ2n) is 16.3. The molecule has 0 saturated heterocycles. The maximum absolute atomic E-state index is 12.8.